The number of aliphatic carboxylic acids is 1. The summed E-state index contributed by atoms with van der Waals surface area (Å²) in [6, 6.07) is 10.4. The number of carboxylic acid groups (broad SMARTS) is 1. The molecule has 1 aromatic carbocycles. The van der Waals surface area contributed by atoms with Gasteiger partial charge in [-0.1, -0.05) is 36.4 Å². The van der Waals surface area contributed by atoms with E-state index in [2.05, 4.69) is 29.2 Å². The average Bonchev–Trinajstić information content (AvgIpc) is 2.40. The Morgan fingerprint density at radius 3 is 2.67 bits per heavy atom. The van der Waals surface area contributed by atoms with E-state index in [1.165, 1.54) is 5.56 Å². The highest BCUT2D eigenvalue weighted by atomic mass is 16.4. The van der Waals surface area contributed by atoms with Crippen molar-refractivity contribution in [1.29, 1.82) is 0 Å². The monoisotopic (exact) mass is 243 g/mol. The zero-order valence-corrected chi connectivity index (χ0v) is 10.2. The van der Waals surface area contributed by atoms with Gasteiger partial charge in [0.05, 0.1) is 5.57 Å². The molecule has 1 aliphatic rings. The van der Waals surface area contributed by atoms with Gasteiger partial charge in [0.15, 0.2) is 0 Å². The Labute approximate surface area is 107 Å². The highest BCUT2D eigenvalue weighted by Crippen LogP contribution is 2.09. The maximum atomic E-state index is 10.7. The van der Waals surface area contributed by atoms with Crippen molar-refractivity contribution < 1.29 is 9.90 Å². The molecule has 0 saturated carbocycles. The van der Waals surface area contributed by atoms with Crippen LogP contribution >= 0.6 is 0 Å². The molecule has 18 heavy (non-hydrogen) atoms. The first-order chi connectivity index (χ1) is 8.75. The Bertz CT molecular complexity index is 463. The molecule has 3 heteroatoms. The third-order valence-corrected chi connectivity index (χ3v) is 3.01. The molecule has 2 rings (SSSR count). The lowest BCUT2D eigenvalue weighted by Crippen LogP contribution is -2.22. The van der Waals surface area contributed by atoms with Gasteiger partial charge in [0.25, 0.3) is 0 Å². The van der Waals surface area contributed by atoms with Crippen LogP contribution in [0, 0.1) is 0 Å². The van der Waals surface area contributed by atoms with Crippen molar-refractivity contribution in [3.05, 3.63) is 59.8 Å². The molecule has 0 radical (unpaired) electrons. The van der Waals surface area contributed by atoms with Crippen LogP contribution < -0.4 is 0 Å². The molecule has 0 unspecified atom stereocenters. The van der Waals surface area contributed by atoms with Crippen LogP contribution in [0.2, 0.25) is 0 Å². The van der Waals surface area contributed by atoms with Gasteiger partial charge in [0.2, 0.25) is 0 Å². The number of rotatable bonds is 5. The lowest BCUT2D eigenvalue weighted by atomic mass is 10.1. The summed E-state index contributed by atoms with van der Waals surface area (Å²) in [7, 11) is 0. The summed E-state index contributed by atoms with van der Waals surface area (Å²) in [4.78, 5) is 12.9. The standard InChI is InChI=1S/C15H17NO2/c17-15(18)14-8-11-16(12-9-14)10-4-7-13-5-2-1-3-6-13/h1-3,5-6,8-9,11H,4,7,10,12H2,(H,17,18). The van der Waals surface area contributed by atoms with E-state index in [0.29, 0.717) is 12.1 Å². The van der Waals surface area contributed by atoms with Gasteiger partial charge >= 0.3 is 5.97 Å². The second-order valence-corrected chi connectivity index (χ2v) is 4.36. The summed E-state index contributed by atoms with van der Waals surface area (Å²) in [5, 5.41) is 8.81. The van der Waals surface area contributed by atoms with Gasteiger partial charge in [-0.05, 0) is 24.5 Å². The normalized spacial score (nSPS) is 14.4. The Balaban J connectivity index is 1.74. The first-order valence-electron chi connectivity index (χ1n) is 6.15. The van der Waals surface area contributed by atoms with Crippen LogP contribution in [0.1, 0.15) is 12.0 Å². The van der Waals surface area contributed by atoms with Crippen LogP contribution in [0.4, 0.5) is 0 Å². The molecule has 94 valence electrons. The summed E-state index contributed by atoms with van der Waals surface area (Å²) in [6.07, 6.45) is 7.42. The van der Waals surface area contributed by atoms with Crippen molar-refractivity contribution in [2.45, 2.75) is 12.8 Å². The van der Waals surface area contributed by atoms with E-state index >= 15 is 0 Å². The Kier molecular flexibility index (Phi) is 4.18. The average molecular weight is 243 g/mol. The van der Waals surface area contributed by atoms with E-state index in [-0.39, 0.29) is 0 Å². The smallest absolute Gasteiger partial charge is 0.335 e. The molecule has 0 saturated heterocycles. The van der Waals surface area contributed by atoms with Crippen molar-refractivity contribution in [3.8, 4) is 0 Å². The molecule has 1 N–H and O–H groups in total. The number of nitrogens with zero attached hydrogens (tertiary/aromatic N) is 1. The lowest BCUT2D eigenvalue weighted by Gasteiger charge is -2.21. The SMILES string of the molecule is O=C(O)C1=CCN(CCCc2ccccc2)C=C1. The first kappa shape index (κ1) is 12.4. The zero-order valence-electron chi connectivity index (χ0n) is 10.2. The third-order valence-electron chi connectivity index (χ3n) is 3.01. The highest BCUT2D eigenvalue weighted by molar-refractivity contribution is 5.90. The maximum Gasteiger partial charge on any atom is 0.335 e. The Morgan fingerprint density at radius 2 is 2.06 bits per heavy atom. The largest absolute Gasteiger partial charge is 0.478 e. The predicted octanol–water partition coefficient (Wildman–Crippen LogP) is 2.46. The van der Waals surface area contributed by atoms with Crippen LogP contribution in [-0.2, 0) is 11.2 Å². The van der Waals surface area contributed by atoms with Crippen molar-refractivity contribution in [2.75, 3.05) is 13.1 Å². The van der Waals surface area contributed by atoms with Crippen LogP contribution in [0.15, 0.2) is 54.3 Å². The predicted molar refractivity (Wildman–Crippen MR) is 71.2 cm³/mol. The van der Waals surface area contributed by atoms with Crippen LogP contribution in [-0.4, -0.2) is 29.1 Å². The van der Waals surface area contributed by atoms with Crippen molar-refractivity contribution in [2.24, 2.45) is 0 Å². The number of benzene rings is 1. The van der Waals surface area contributed by atoms with Crippen molar-refractivity contribution in [1.82, 2.24) is 4.90 Å². The van der Waals surface area contributed by atoms with Crippen LogP contribution in [0.5, 0.6) is 0 Å². The summed E-state index contributed by atoms with van der Waals surface area (Å²) >= 11 is 0. The number of hydrogen-bond donors (Lipinski definition) is 1. The minimum Gasteiger partial charge on any atom is -0.478 e. The minimum atomic E-state index is -0.852. The van der Waals surface area contributed by atoms with Gasteiger partial charge in [0, 0.05) is 19.3 Å². The molecular weight excluding hydrogens is 226 g/mol. The van der Waals surface area contributed by atoms with Crippen molar-refractivity contribution in [3.63, 3.8) is 0 Å². The molecule has 3 nitrogen and oxygen atoms in total. The Hall–Kier alpha value is -2.03. The molecule has 0 spiro atoms. The highest BCUT2D eigenvalue weighted by Gasteiger charge is 2.09. The second-order valence-electron chi connectivity index (χ2n) is 4.36. The summed E-state index contributed by atoms with van der Waals surface area (Å²) in [6.45, 7) is 1.64. The maximum absolute atomic E-state index is 10.7. The molecule has 0 atom stereocenters. The van der Waals surface area contributed by atoms with Gasteiger partial charge in [-0.15, -0.1) is 0 Å². The van der Waals surface area contributed by atoms with Gasteiger partial charge in [0.1, 0.15) is 0 Å². The summed E-state index contributed by atoms with van der Waals surface area (Å²) in [5.74, 6) is -0.852. The molecule has 0 bridgehead atoms. The quantitative estimate of drug-likeness (QED) is 0.863. The van der Waals surface area contributed by atoms with Crippen LogP contribution in [0.25, 0.3) is 0 Å². The summed E-state index contributed by atoms with van der Waals surface area (Å²) in [5.41, 5.74) is 1.73. The second kappa shape index (κ2) is 6.05. The molecule has 0 fully saturated rings. The molecule has 1 aliphatic heterocycles. The molecule has 0 aromatic heterocycles. The molecule has 0 amide bonds. The summed E-state index contributed by atoms with van der Waals surface area (Å²) < 4.78 is 0. The van der Waals surface area contributed by atoms with Gasteiger partial charge in [-0.3, -0.25) is 0 Å². The minimum absolute atomic E-state index is 0.384. The van der Waals surface area contributed by atoms with E-state index in [1.54, 1.807) is 12.2 Å². The zero-order chi connectivity index (χ0) is 12.8. The number of hydrogen-bond acceptors (Lipinski definition) is 2. The van der Waals surface area contributed by atoms with Gasteiger partial charge in [-0.2, -0.15) is 0 Å². The van der Waals surface area contributed by atoms with E-state index in [9.17, 15) is 4.79 Å². The fourth-order valence-electron chi connectivity index (χ4n) is 1.99. The number of carboxylic acids is 1. The van der Waals surface area contributed by atoms with E-state index in [1.807, 2.05) is 12.3 Å². The molecule has 1 heterocycles. The van der Waals surface area contributed by atoms with Gasteiger partial charge < -0.3 is 10.0 Å². The molecule has 1 aromatic rings. The Morgan fingerprint density at radius 1 is 1.28 bits per heavy atom. The number of carbonyl (C=O) groups is 1. The lowest BCUT2D eigenvalue weighted by molar-refractivity contribution is -0.132. The fourth-order valence-corrected chi connectivity index (χ4v) is 1.99. The van der Waals surface area contributed by atoms with E-state index < -0.39 is 5.97 Å². The molecular formula is C15H17NO2. The van der Waals surface area contributed by atoms with Gasteiger partial charge in [-0.25, -0.2) is 4.79 Å². The third kappa shape index (κ3) is 3.48. The first-order valence-corrected chi connectivity index (χ1v) is 6.15. The fraction of sp³-hybridized carbons (Fsp3) is 0.267. The van der Waals surface area contributed by atoms with Crippen LogP contribution in [0.3, 0.4) is 0 Å². The number of aryl methyl sites for hydroxylation is 1. The molecule has 0 aliphatic carbocycles. The topological polar surface area (TPSA) is 40.5 Å². The van der Waals surface area contributed by atoms with E-state index in [4.69, 9.17) is 5.11 Å². The van der Waals surface area contributed by atoms with E-state index in [0.717, 1.165) is 19.4 Å². The van der Waals surface area contributed by atoms with Crippen molar-refractivity contribution >= 4 is 5.97 Å².